The first kappa shape index (κ1) is 64.8. The van der Waals surface area contributed by atoms with Gasteiger partial charge in [-0.3, -0.25) is 14.4 Å². The van der Waals surface area contributed by atoms with Crippen molar-refractivity contribution in [2.24, 2.45) is 0 Å². The SMILES string of the molecule is CC\C=C/C=C\C=C/CCCCCCCCCC(=O)OCC(COC(=O)CCCCCCC\C=C/C=C\C=C/C=C\C=C/CCC)OC(=O)CCCCCCC/C=C\C=C/CCCCCCCCC. The van der Waals surface area contributed by atoms with Gasteiger partial charge in [-0.2, -0.15) is 0 Å². The summed E-state index contributed by atoms with van der Waals surface area (Å²) >= 11 is 0. The average molecular weight is 956 g/mol. The molecule has 0 rings (SSSR count). The van der Waals surface area contributed by atoms with Crippen molar-refractivity contribution in [2.75, 3.05) is 13.2 Å². The van der Waals surface area contributed by atoms with Crippen LogP contribution in [-0.2, 0) is 28.6 Å². The van der Waals surface area contributed by atoms with E-state index in [0.29, 0.717) is 19.3 Å². The lowest BCUT2D eigenvalue weighted by Crippen LogP contribution is -2.30. The van der Waals surface area contributed by atoms with Gasteiger partial charge < -0.3 is 14.2 Å². The Kier molecular flexibility index (Phi) is 53.0. The highest BCUT2D eigenvalue weighted by atomic mass is 16.6. The van der Waals surface area contributed by atoms with E-state index in [1.807, 2.05) is 24.3 Å². The summed E-state index contributed by atoms with van der Waals surface area (Å²) in [5.74, 6) is -0.957. The normalized spacial score (nSPS) is 13.0. The summed E-state index contributed by atoms with van der Waals surface area (Å²) in [5.41, 5.74) is 0. The van der Waals surface area contributed by atoms with Gasteiger partial charge in [-0.15, -0.1) is 0 Å². The number of unbranched alkanes of at least 4 members (excludes halogenated alkanes) is 25. The van der Waals surface area contributed by atoms with Crippen LogP contribution in [0.4, 0.5) is 0 Å². The molecule has 390 valence electrons. The topological polar surface area (TPSA) is 78.9 Å². The van der Waals surface area contributed by atoms with Crippen molar-refractivity contribution in [1.29, 1.82) is 0 Å². The van der Waals surface area contributed by atoms with E-state index in [2.05, 4.69) is 118 Å². The van der Waals surface area contributed by atoms with Crippen LogP contribution in [0.3, 0.4) is 0 Å². The molecule has 0 aromatic carbocycles. The lowest BCUT2D eigenvalue weighted by molar-refractivity contribution is -0.167. The molecule has 0 aliphatic heterocycles. The molecule has 0 heterocycles. The zero-order valence-electron chi connectivity index (χ0n) is 44.5. The second kappa shape index (κ2) is 56.4. The van der Waals surface area contributed by atoms with Gasteiger partial charge in [0.2, 0.25) is 0 Å². The summed E-state index contributed by atoms with van der Waals surface area (Å²) in [6, 6.07) is 0. The van der Waals surface area contributed by atoms with Gasteiger partial charge in [-0.25, -0.2) is 0 Å². The van der Waals surface area contributed by atoms with Crippen LogP contribution in [0.15, 0.2) is 122 Å². The average Bonchev–Trinajstić information content (AvgIpc) is 3.35. The maximum absolute atomic E-state index is 12.9. The van der Waals surface area contributed by atoms with Gasteiger partial charge in [0.05, 0.1) is 0 Å². The van der Waals surface area contributed by atoms with E-state index in [-0.39, 0.29) is 31.1 Å². The Morgan fingerprint density at radius 1 is 0.304 bits per heavy atom. The fourth-order valence-electron chi connectivity index (χ4n) is 7.40. The Bertz CT molecular complexity index is 1470. The third-order valence-corrected chi connectivity index (χ3v) is 11.6. The molecule has 0 aromatic heterocycles. The molecule has 1 unspecified atom stereocenters. The van der Waals surface area contributed by atoms with Crippen molar-refractivity contribution < 1.29 is 28.6 Å². The molecule has 6 nitrogen and oxygen atoms in total. The predicted molar refractivity (Wildman–Crippen MR) is 297 cm³/mol. The van der Waals surface area contributed by atoms with Gasteiger partial charge >= 0.3 is 17.9 Å². The summed E-state index contributed by atoms with van der Waals surface area (Å²) in [7, 11) is 0. The molecule has 0 radical (unpaired) electrons. The summed E-state index contributed by atoms with van der Waals surface area (Å²) in [6.45, 7) is 6.37. The summed E-state index contributed by atoms with van der Waals surface area (Å²) in [6.07, 6.45) is 77.4. The highest BCUT2D eigenvalue weighted by molar-refractivity contribution is 5.71. The number of ether oxygens (including phenoxy) is 3. The molecular weight excluding hydrogens is 853 g/mol. The minimum atomic E-state index is -0.806. The van der Waals surface area contributed by atoms with Crippen molar-refractivity contribution in [2.45, 2.75) is 245 Å². The van der Waals surface area contributed by atoms with E-state index in [1.54, 1.807) is 0 Å². The maximum atomic E-state index is 12.9. The van der Waals surface area contributed by atoms with Crippen LogP contribution in [0.25, 0.3) is 0 Å². The van der Waals surface area contributed by atoms with Crippen molar-refractivity contribution in [1.82, 2.24) is 0 Å². The van der Waals surface area contributed by atoms with E-state index in [0.717, 1.165) is 116 Å². The Morgan fingerprint density at radius 2 is 0.594 bits per heavy atom. The Balaban J connectivity index is 4.51. The van der Waals surface area contributed by atoms with Gasteiger partial charge in [0.1, 0.15) is 13.2 Å². The minimum absolute atomic E-state index is 0.103. The predicted octanol–water partition coefficient (Wildman–Crippen LogP) is 18.9. The Labute approximate surface area is 424 Å². The van der Waals surface area contributed by atoms with Crippen LogP contribution in [0.2, 0.25) is 0 Å². The maximum Gasteiger partial charge on any atom is 0.306 e. The lowest BCUT2D eigenvalue weighted by atomic mass is 10.1. The van der Waals surface area contributed by atoms with E-state index in [1.165, 1.54) is 83.5 Å². The van der Waals surface area contributed by atoms with E-state index >= 15 is 0 Å². The zero-order valence-corrected chi connectivity index (χ0v) is 44.5. The minimum Gasteiger partial charge on any atom is -0.462 e. The molecule has 69 heavy (non-hydrogen) atoms. The van der Waals surface area contributed by atoms with Gasteiger partial charge in [-0.05, 0) is 83.5 Å². The number of hydrogen-bond donors (Lipinski definition) is 0. The molecule has 0 aliphatic carbocycles. The van der Waals surface area contributed by atoms with Crippen molar-refractivity contribution >= 4 is 17.9 Å². The number of carbonyl (C=O) groups excluding carboxylic acids is 3. The fourth-order valence-corrected chi connectivity index (χ4v) is 7.40. The summed E-state index contributed by atoms with van der Waals surface area (Å²) in [4.78, 5) is 38.2. The number of rotatable bonds is 49. The van der Waals surface area contributed by atoms with Crippen LogP contribution >= 0.6 is 0 Å². The summed E-state index contributed by atoms with van der Waals surface area (Å²) in [5, 5.41) is 0. The first-order chi connectivity index (χ1) is 34.0. The van der Waals surface area contributed by atoms with Gasteiger partial charge in [0, 0.05) is 19.3 Å². The first-order valence-corrected chi connectivity index (χ1v) is 28.2. The van der Waals surface area contributed by atoms with Crippen LogP contribution < -0.4 is 0 Å². The van der Waals surface area contributed by atoms with Gasteiger partial charge in [-0.1, -0.05) is 258 Å². The quantitative estimate of drug-likeness (QED) is 0.0262. The molecular formula is C63H102O6. The highest BCUT2D eigenvalue weighted by Gasteiger charge is 2.19. The smallest absolute Gasteiger partial charge is 0.306 e. The largest absolute Gasteiger partial charge is 0.462 e. The van der Waals surface area contributed by atoms with Crippen LogP contribution in [-0.4, -0.2) is 37.2 Å². The van der Waals surface area contributed by atoms with Crippen molar-refractivity contribution in [3.63, 3.8) is 0 Å². The van der Waals surface area contributed by atoms with Crippen LogP contribution in [0.1, 0.15) is 239 Å². The Hall–Kier alpha value is -4.19. The van der Waals surface area contributed by atoms with Gasteiger partial charge in [0.25, 0.3) is 0 Å². The molecule has 0 spiro atoms. The Morgan fingerprint density at radius 3 is 0.957 bits per heavy atom. The van der Waals surface area contributed by atoms with Crippen molar-refractivity contribution in [3.05, 3.63) is 122 Å². The van der Waals surface area contributed by atoms with Crippen molar-refractivity contribution in [3.8, 4) is 0 Å². The molecule has 0 N–H and O–H groups in total. The molecule has 1 atom stereocenters. The third-order valence-electron chi connectivity index (χ3n) is 11.6. The fraction of sp³-hybridized carbons (Fsp3) is 0.635. The van der Waals surface area contributed by atoms with Gasteiger partial charge in [0.15, 0.2) is 6.10 Å². The molecule has 0 saturated heterocycles. The summed E-state index contributed by atoms with van der Waals surface area (Å²) < 4.78 is 16.8. The van der Waals surface area contributed by atoms with Crippen LogP contribution in [0.5, 0.6) is 0 Å². The highest BCUT2D eigenvalue weighted by Crippen LogP contribution is 2.14. The first-order valence-electron chi connectivity index (χ1n) is 28.2. The third kappa shape index (κ3) is 54.6. The van der Waals surface area contributed by atoms with E-state index in [9.17, 15) is 14.4 Å². The van der Waals surface area contributed by atoms with E-state index in [4.69, 9.17) is 14.2 Å². The van der Waals surface area contributed by atoms with E-state index < -0.39 is 6.10 Å². The monoisotopic (exact) mass is 955 g/mol. The molecule has 0 saturated carbocycles. The molecule has 0 aliphatic rings. The number of allylic oxidation sites excluding steroid dienone is 20. The molecule has 0 bridgehead atoms. The van der Waals surface area contributed by atoms with Crippen LogP contribution in [0, 0.1) is 0 Å². The molecule has 0 amide bonds. The standard InChI is InChI=1S/C63H102O6/c1-4-7-10-13-16-19-22-25-28-30-32-35-38-41-44-47-50-53-56-62(65)68-59-60(58-67-61(64)55-52-49-46-43-40-37-34-27-24-21-18-15-12-9-6-3)69-63(66)57-54-51-48-45-42-39-36-33-31-29-26-23-20-17-14-11-8-5-2/h9-10,12-13,15-16,18-19,21-22,24-25,28-33,35-36,60H,4-8,11,14,17,20,23,26-27,34,37-59H2,1-3H3/b12-9-,13-10-,18-15-,19-16-,24-21-,25-22-,30-28-,31-29-,35-32-,36-33-. The molecule has 6 heteroatoms. The second-order valence-electron chi connectivity index (χ2n) is 18.3. The number of carbonyl (C=O) groups is 3. The molecule has 0 fully saturated rings. The number of hydrogen-bond acceptors (Lipinski definition) is 6. The second-order valence-corrected chi connectivity index (χ2v) is 18.3. The number of esters is 3. The zero-order chi connectivity index (χ0) is 50.0. The molecule has 0 aromatic rings. The lowest BCUT2D eigenvalue weighted by Gasteiger charge is -2.18.